The summed E-state index contributed by atoms with van der Waals surface area (Å²) in [5.41, 5.74) is 7.70. The largest absolute Gasteiger partial charge is 0.462 e. The molecular weight excluding hydrogens is 214 g/mol. The number of benzene rings is 1. The SMILES string of the molecule is Cc1ccc(N)cc1C(=O)OCCCC(C)C. The fourth-order valence-corrected chi connectivity index (χ4v) is 1.59. The Balaban J connectivity index is 2.49. The number of aryl methyl sites for hydroxylation is 1. The second-order valence-electron chi connectivity index (χ2n) is 4.75. The first-order chi connectivity index (χ1) is 8.00. The van der Waals surface area contributed by atoms with Gasteiger partial charge in [-0.25, -0.2) is 4.79 Å². The molecule has 0 saturated heterocycles. The Morgan fingerprint density at radius 2 is 2.12 bits per heavy atom. The van der Waals surface area contributed by atoms with Crippen molar-refractivity contribution >= 4 is 11.7 Å². The molecule has 0 fully saturated rings. The second-order valence-corrected chi connectivity index (χ2v) is 4.75. The molecule has 3 nitrogen and oxygen atoms in total. The first-order valence-corrected chi connectivity index (χ1v) is 6.04. The topological polar surface area (TPSA) is 52.3 Å². The zero-order chi connectivity index (χ0) is 12.8. The Kier molecular flexibility index (Phi) is 5.01. The maximum atomic E-state index is 11.8. The molecule has 1 aromatic rings. The van der Waals surface area contributed by atoms with E-state index in [2.05, 4.69) is 13.8 Å². The van der Waals surface area contributed by atoms with Crippen LogP contribution in [0.1, 0.15) is 42.6 Å². The summed E-state index contributed by atoms with van der Waals surface area (Å²) in [6.45, 7) is 6.67. The minimum Gasteiger partial charge on any atom is -0.462 e. The van der Waals surface area contributed by atoms with Gasteiger partial charge in [0.1, 0.15) is 0 Å². The van der Waals surface area contributed by atoms with E-state index in [1.807, 2.05) is 13.0 Å². The molecule has 0 bridgehead atoms. The molecule has 0 unspecified atom stereocenters. The van der Waals surface area contributed by atoms with E-state index in [9.17, 15) is 4.79 Å². The summed E-state index contributed by atoms with van der Waals surface area (Å²) in [6.07, 6.45) is 1.98. The Labute approximate surface area is 103 Å². The van der Waals surface area contributed by atoms with Crippen molar-refractivity contribution in [3.8, 4) is 0 Å². The van der Waals surface area contributed by atoms with Crippen LogP contribution in [-0.2, 0) is 4.74 Å². The van der Waals surface area contributed by atoms with Gasteiger partial charge in [0.2, 0.25) is 0 Å². The van der Waals surface area contributed by atoms with Crippen molar-refractivity contribution in [2.75, 3.05) is 12.3 Å². The number of carbonyl (C=O) groups excluding carboxylic acids is 1. The third kappa shape index (κ3) is 4.47. The lowest BCUT2D eigenvalue weighted by molar-refractivity contribution is 0.0494. The van der Waals surface area contributed by atoms with Crippen molar-refractivity contribution in [2.24, 2.45) is 5.92 Å². The normalized spacial score (nSPS) is 10.6. The fraction of sp³-hybridized carbons (Fsp3) is 0.500. The molecule has 0 spiro atoms. The quantitative estimate of drug-likeness (QED) is 0.484. The van der Waals surface area contributed by atoms with Crippen molar-refractivity contribution in [1.29, 1.82) is 0 Å². The predicted molar refractivity (Wildman–Crippen MR) is 69.9 cm³/mol. The summed E-state index contributed by atoms with van der Waals surface area (Å²) in [7, 11) is 0. The molecule has 0 heterocycles. The summed E-state index contributed by atoms with van der Waals surface area (Å²) in [6, 6.07) is 5.28. The van der Waals surface area contributed by atoms with Crippen LogP contribution in [0.2, 0.25) is 0 Å². The van der Waals surface area contributed by atoms with Crippen LogP contribution in [0.4, 0.5) is 5.69 Å². The molecule has 17 heavy (non-hydrogen) atoms. The van der Waals surface area contributed by atoms with Crippen LogP contribution < -0.4 is 5.73 Å². The van der Waals surface area contributed by atoms with Gasteiger partial charge >= 0.3 is 5.97 Å². The Bertz CT molecular complexity index is 386. The van der Waals surface area contributed by atoms with E-state index in [4.69, 9.17) is 10.5 Å². The maximum Gasteiger partial charge on any atom is 0.338 e. The molecule has 0 atom stereocenters. The van der Waals surface area contributed by atoms with Crippen LogP contribution in [0.5, 0.6) is 0 Å². The molecular formula is C14H21NO2. The van der Waals surface area contributed by atoms with E-state index in [0.29, 0.717) is 23.8 Å². The van der Waals surface area contributed by atoms with Gasteiger partial charge in [0.05, 0.1) is 12.2 Å². The number of rotatable bonds is 5. The number of nitrogens with two attached hydrogens (primary N) is 1. The third-order valence-corrected chi connectivity index (χ3v) is 2.64. The lowest BCUT2D eigenvalue weighted by Crippen LogP contribution is -2.09. The summed E-state index contributed by atoms with van der Waals surface area (Å²) < 4.78 is 5.22. The van der Waals surface area contributed by atoms with Crippen molar-refractivity contribution in [3.05, 3.63) is 29.3 Å². The van der Waals surface area contributed by atoms with E-state index in [-0.39, 0.29) is 5.97 Å². The Morgan fingerprint density at radius 1 is 1.41 bits per heavy atom. The van der Waals surface area contributed by atoms with E-state index in [1.54, 1.807) is 12.1 Å². The number of ether oxygens (including phenoxy) is 1. The lowest BCUT2D eigenvalue weighted by atomic mass is 10.1. The second kappa shape index (κ2) is 6.28. The van der Waals surface area contributed by atoms with E-state index in [0.717, 1.165) is 18.4 Å². The van der Waals surface area contributed by atoms with E-state index in [1.165, 1.54) is 0 Å². The van der Waals surface area contributed by atoms with Crippen molar-refractivity contribution in [3.63, 3.8) is 0 Å². The van der Waals surface area contributed by atoms with Crippen LogP contribution in [0.3, 0.4) is 0 Å². The Morgan fingerprint density at radius 3 is 2.76 bits per heavy atom. The molecule has 1 rings (SSSR count). The number of esters is 1. The van der Waals surface area contributed by atoms with Gasteiger partial charge in [-0.2, -0.15) is 0 Å². The predicted octanol–water partition coefficient (Wildman–Crippen LogP) is 3.17. The Hall–Kier alpha value is -1.51. The van der Waals surface area contributed by atoms with Gasteiger partial charge in [-0.3, -0.25) is 0 Å². The molecule has 0 aromatic heterocycles. The van der Waals surface area contributed by atoms with Gasteiger partial charge in [0.25, 0.3) is 0 Å². The number of carbonyl (C=O) groups is 1. The van der Waals surface area contributed by atoms with Gasteiger partial charge in [0.15, 0.2) is 0 Å². The average Bonchev–Trinajstić information content (AvgIpc) is 2.27. The number of hydrogen-bond donors (Lipinski definition) is 1. The summed E-state index contributed by atoms with van der Waals surface area (Å²) in [4.78, 5) is 11.8. The molecule has 2 N–H and O–H groups in total. The first-order valence-electron chi connectivity index (χ1n) is 6.04. The molecule has 0 radical (unpaired) electrons. The highest BCUT2D eigenvalue weighted by Gasteiger charge is 2.10. The molecule has 3 heteroatoms. The summed E-state index contributed by atoms with van der Waals surface area (Å²) in [5.74, 6) is 0.362. The minimum absolute atomic E-state index is 0.279. The molecule has 0 aliphatic rings. The van der Waals surface area contributed by atoms with Crippen LogP contribution in [0, 0.1) is 12.8 Å². The van der Waals surface area contributed by atoms with Crippen molar-refractivity contribution in [2.45, 2.75) is 33.6 Å². The molecule has 94 valence electrons. The lowest BCUT2D eigenvalue weighted by Gasteiger charge is -2.08. The molecule has 0 saturated carbocycles. The van der Waals surface area contributed by atoms with Gasteiger partial charge in [0, 0.05) is 5.69 Å². The zero-order valence-corrected chi connectivity index (χ0v) is 10.8. The smallest absolute Gasteiger partial charge is 0.338 e. The highest BCUT2D eigenvalue weighted by atomic mass is 16.5. The van der Waals surface area contributed by atoms with Crippen LogP contribution in [-0.4, -0.2) is 12.6 Å². The van der Waals surface area contributed by atoms with E-state index < -0.39 is 0 Å². The number of anilines is 1. The summed E-state index contributed by atoms with van der Waals surface area (Å²) in [5, 5.41) is 0. The standard InChI is InChI=1S/C14H21NO2/c1-10(2)5-4-8-17-14(16)13-9-12(15)7-6-11(13)3/h6-7,9-10H,4-5,8,15H2,1-3H3. The summed E-state index contributed by atoms with van der Waals surface area (Å²) >= 11 is 0. The van der Waals surface area contributed by atoms with Crippen molar-refractivity contribution in [1.82, 2.24) is 0 Å². The molecule has 0 aliphatic carbocycles. The highest BCUT2D eigenvalue weighted by Crippen LogP contribution is 2.14. The van der Waals surface area contributed by atoms with Gasteiger partial charge in [-0.15, -0.1) is 0 Å². The minimum atomic E-state index is -0.279. The van der Waals surface area contributed by atoms with Gasteiger partial charge < -0.3 is 10.5 Å². The number of nitrogen functional groups attached to an aromatic ring is 1. The van der Waals surface area contributed by atoms with Gasteiger partial charge in [-0.05, 0) is 43.4 Å². The van der Waals surface area contributed by atoms with Crippen LogP contribution in [0.25, 0.3) is 0 Å². The molecule has 1 aromatic carbocycles. The van der Waals surface area contributed by atoms with Crippen molar-refractivity contribution < 1.29 is 9.53 Å². The van der Waals surface area contributed by atoms with Crippen LogP contribution in [0.15, 0.2) is 18.2 Å². The third-order valence-electron chi connectivity index (χ3n) is 2.64. The zero-order valence-electron chi connectivity index (χ0n) is 10.8. The molecule has 0 aliphatic heterocycles. The highest BCUT2D eigenvalue weighted by molar-refractivity contribution is 5.92. The number of hydrogen-bond acceptors (Lipinski definition) is 3. The van der Waals surface area contributed by atoms with E-state index >= 15 is 0 Å². The maximum absolute atomic E-state index is 11.8. The van der Waals surface area contributed by atoms with Gasteiger partial charge in [-0.1, -0.05) is 19.9 Å². The fourth-order valence-electron chi connectivity index (χ4n) is 1.59. The van der Waals surface area contributed by atoms with Crippen LogP contribution >= 0.6 is 0 Å². The monoisotopic (exact) mass is 235 g/mol. The molecule has 0 amide bonds. The first kappa shape index (κ1) is 13.6. The average molecular weight is 235 g/mol.